The van der Waals surface area contributed by atoms with Crippen LogP contribution in [0.4, 0.5) is 5.69 Å². The molecule has 2 aromatic carbocycles. The summed E-state index contributed by atoms with van der Waals surface area (Å²) in [4.78, 5) is 36.3. The second-order valence-corrected chi connectivity index (χ2v) is 9.82. The summed E-state index contributed by atoms with van der Waals surface area (Å²) < 4.78 is 17.8. The Morgan fingerprint density at radius 2 is 1.97 bits per heavy atom. The number of rotatable bonds is 7. The lowest BCUT2D eigenvalue weighted by Crippen LogP contribution is -2.37. The molecular weight excluding hydrogens is 474 g/mol. The third kappa shape index (κ3) is 4.17. The van der Waals surface area contributed by atoms with Crippen LogP contribution in [0.3, 0.4) is 0 Å². The van der Waals surface area contributed by atoms with Gasteiger partial charge in [-0.25, -0.2) is 0 Å². The highest BCUT2D eigenvalue weighted by atomic mass is 35.5. The first-order valence-electron chi connectivity index (χ1n) is 11.3. The van der Waals surface area contributed by atoms with E-state index in [1.54, 1.807) is 30.3 Å². The van der Waals surface area contributed by atoms with E-state index in [0.717, 1.165) is 5.56 Å². The predicted octanol–water partition coefficient (Wildman–Crippen LogP) is 4.60. The highest BCUT2D eigenvalue weighted by Crippen LogP contribution is 2.44. The summed E-state index contributed by atoms with van der Waals surface area (Å²) in [6.45, 7) is 4.11. The highest BCUT2D eigenvalue weighted by molar-refractivity contribution is 6.34. The van der Waals surface area contributed by atoms with Gasteiger partial charge < -0.3 is 24.3 Å². The van der Waals surface area contributed by atoms with Gasteiger partial charge in [0.25, 0.3) is 0 Å². The summed E-state index contributed by atoms with van der Waals surface area (Å²) in [5.41, 5.74) is 1.15. The molecule has 1 aliphatic carbocycles. The molecule has 5 rings (SSSR count). The molecule has 0 radical (unpaired) electrons. The third-order valence-electron chi connectivity index (χ3n) is 6.72. The minimum atomic E-state index is -0.799. The third-order valence-corrected chi connectivity index (χ3v) is 7.02. The van der Waals surface area contributed by atoms with E-state index in [1.165, 1.54) is 6.07 Å². The Morgan fingerprint density at radius 3 is 2.71 bits per heavy atom. The van der Waals surface area contributed by atoms with Gasteiger partial charge in [0.05, 0.1) is 40.0 Å². The summed E-state index contributed by atoms with van der Waals surface area (Å²) in [6.07, 6.45) is 0.884. The van der Waals surface area contributed by atoms with Crippen LogP contribution >= 0.6 is 11.6 Å². The number of carboxylic acid groups (broad SMARTS) is 1. The fraction of sp³-hybridized carbons (Fsp3) is 0.346. The first-order chi connectivity index (χ1) is 16.6. The number of carboxylic acids is 1. The Labute approximate surface area is 205 Å². The Kier molecular flexibility index (Phi) is 5.81. The average molecular weight is 498 g/mol. The van der Waals surface area contributed by atoms with E-state index in [1.807, 2.05) is 13.8 Å². The van der Waals surface area contributed by atoms with Crippen LogP contribution < -0.4 is 15.5 Å². The van der Waals surface area contributed by atoms with Crippen LogP contribution in [0.1, 0.15) is 32.3 Å². The summed E-state index contributed by atoms with van der Waals surface area (Å²) in [6, 6.07) is 9.87. The molecule has 8 nitrogen and oxygen atoms in total. The van der Waals surface area contributed by atoms with Crippen molar-refractivity contribution in [2.75, 3.05) is 18.5 Å². The van der Waals surface area contributed by atoms with Crippen molar-refractivity contribution in [3.05, 3.63) is 57.2 Å². The number of ether oxygens (including phenoxy) is 2. The lowest BCUT2D eigenvalue weighted by molar-refractivity contribution is -0.151. The Hall–Kier alpha value is -3.36. The fourth-order valence-corrected chi connectivity index (χ4v) is 4.67. The summed E-state index contributed by atoms with van der Waals surface area (Å²) in [5.74, 6) is -0.592. The minimum absolute atomic E-state index is 0.0967. The van der Waals surface area contributed by atoms with Crippen molar-refractivity contribution in [1.29, 1.82) is 0 Å². The lowest BCUT2D eigenvalue weighted by Gasteiger charge is -2.32. The molecule has 0 bridgehead atoms. The zero-order valence-electron chi connectivity index (χ0n) is 19.2. The zero-order valence-corrected chi connectivity index (χ0v) is 20.0. The monoisotopic (exact) mass is 497 g/mol. The number of hydrogen-bond acceptors (Lipinski definition) is 6. The van der Waals surface area contributed by atoms with Gasteiger partial charge in [-0.15, -0.1) is 0 Å². The number of anilines is 1. The van der Waals surface area contributed by atoms with Gasteiger partial charge in [0.2, 0.25) is 5.91 Å². The van der Waals surface area contributed by atoms with E-state index in [9.17, 15) is 14.4 Å². The first-order valence-corrected chi connectivity index (χ1v) is 11.7. The van der Waals surface area contributed by atoms with Gasteiger partial charge in [-0.05, 0) is 56.5 Å². The fourth-order valence-electron chi connectivity index (χ4n) is 4.46. The highest BCUT2D eigenvalue weighted by Gasteiger charge is 2.39. The Bertz CT molecular complexity index is 1400. The molecule has 35 heavy (non-hydrogen) atoms. The van der Waals surface area contributed by atoms with Crippen molar-refractivity contribution >= 4 is 40.1 Å². The first kappa shape index (κ1) is 23.4. The maximum atomic E-state index is 12.8. The molecular formula is C26H24ClNO7. The molecule has 1 fully saturated rings. The molecule has 0 unspecified atom stereocenters. The van der Waals surface area contributed by atoms with Crippen molar-refractivity contribution in [1.82, 2.24) is 0 Å². The van der Waals surface area contributed by atoms with E-state index in [2.05, 4.69) is 5.32 Å². The quantitative estimate of drug-likeness (QED) is 0.458. The number of para-hydroxylation sites is 1. The average Bonchev–Trinajstić information content (AvgIpc) is 3.00. The number of carbonyl (C=O) groups is 2. The SMILES string of the molecule is CC1(C)C(=O)Nc2cc(-c3cc(=O)c4cccc(Cl)c4o3)c(OCCOC3CC(C(=O)O)C3)cc21. The molecule has 2 heterocycles. The summed E-state index contributed by atoms with van der Waals surface area (Å²) in [7, 11) is 0. The van der Waals surface area contributed by atoms with Gasteiger partial charge in [-0.1, -0.05) is 17.7 Å². The number of nitrogens with one attached hydrogen (secondary N) is 1. The van der Waals surface area contributed by atoms with Gasteiger partial charge in [0, 0.05) is 11.8 Å². The van der Waals surface area contributed by atoms with Crippen LogP contribution in [0.2, 0.25) is 5.02 Å². The van der Waals surface area contributed by atoms with Crippen molar-refractivity contribution in [3.63, 3.8) is 0 Å². The molecule has 0 spiro atoms. The van der Waals surface area contributed by atoms with Gasteiger partial charge in [0.1, 0.15) is 18.1 Å². The molecule has 1 aliphatic heterocycles. The minimum Gasteiger partial charge on any atom is -0.490 e. The standard InChI is InChI=1S/C26H24ClNO7/c1-26(2)17-11-21(34-7-6-33-14-8-13(9-14)24(30)31)16(10-19(17)28-25(26)32)22-12-20(29)15-4-3-5-18(27)23(15)35-22/h3-5,10-14H,6-9H2,1-2H3,(H,28,32)(H,30,31). The second kappa shape index (κ2) is 8.70. The second-order valence-electron chi connectivity index (χ2n) is 9.41. The van der Waals surface area contributed by atoms with E-state index in [0.29, 0.717) is 40.3 Å². The number of fused-ring (bicyclic) bond motifs is 2. The zero-order chi connectivity index (χ0) is 24.9. The van der Waals surface area contributed by atoms with Crippen LogP contribution in [0.5, 0.6) is 5.75 Å². The predicted molar refractivity (Wildman–Crippen MR) is 130 cm³/mol. The molecule has 182 valence electrons. The Balaban J connectivity index is 1.46. The largest absolute Gasteiger partial charge is 0.490 e. The van der Waals surface area contributed by atoms with Crippen LogP contribution in [0.15, 0.2) is 45.6 Å². The molecule has 9 heteroatoms. The van der Waals surface area contributed by atoms with E-state index < -0.39 is 11.4 Å². The van der Waals surface area contributed by atoms with Crippen molar-refractivity contribution < 1.29 is 28.6 Å². The van der Waals surface area contributed by atoms with Gasteiger partial charge >= 0.3 is 5.97 Å². The maximum absolute atomic E-state index is 12.8. The molecule has 3 aromatic rings. The number of amides is 1. The van der Waals surface area contributed by atoms with Crippen molar-refractivity contribution in [2.45, 2.75) is 38.2 Å². The lowest BCUT2D eigenvalue weighted by atomic mass is 9.82. The van der Waals surface area contributed by atoms with E-state index >= 15 is 0 Å². The van der Waals surface area contributed by atoms with Crippen LogP contribution in [-0.2, 0) is 19.7 Å². The van der Waals surface area contributed by atoms with Gasteiger partial charge in [-0.3, -0.25) is 14.4 Å². The van der Waals surface area contributed by atoms with Crippen LogP contribution in [0, 0.1) is 5.92 Å². The number of benzene rings is 2. The molecule has 0 saturated heterocycles. The van der Waals surface area contributed by atoms with Crippen molar-refractivity contribution in [3.8, 4) is 17.1 Å². The molecule has 1 saturated carbocycles. The molecule has 1 amide bonds. The van der Waals surface area contributed by atoms with Crippen LogP contribution in [-0.4, -0.2) is 36.3 Å². The topological polar surface area (TPSA) is 115 Å². The molecule has 2 aliphatic rings. The molecule has 1 aromatic heterocycles. The normalized spacial score (nSPS) is 20.3. The molecule has 2 N–H and O–H groups in total. The number of hydrogen-bond donors (Lipinski definition) is 2. The van der Waals surface area contributed by atoms with Gasteiger partial charge in [-0.2, -0.15) is 0 Å². The van der Waals surface area contributed by atoms with E-state index in [-0.39, 0.29) is 47.9 Å². The summed E-state index contributed by atoms with van der Waals surface area (Å²) >= 11 is 6.29. The Morgan fingerprint density at radius 1 is 1.20 bits per heavy atom. The summed E-state index contributed by atoms with van der Waals surface area (Å²) in [5, 5.41) is 12.6. The van der Waals surface area contributed by atoms with Crippen LogP contribution in [0.25, 0.3) is 22.3 Å². The maximum Gasteiger partial charge on any atom is 0.306 e. The van der Waals surface area contributed by atoms with Crippen molar-refractivity contribution in [2.24, 2.45) is 5.92 Å². The number of carbonyl (C=O) groups excluding carboxylic acids is 1. The number of halogens is 1. The molecule has 0 atom stereocenters. The smallest absolute Gasteiger partial charge is 0.306 e. The van der Waals surface area contributed by atoms with E-state index in [4.69, 9.17) is 30.6 Å². The number of aliphatic carboxylic acids is 1. The van der Waals surface area contributed by atoms with Gasteiger partial charge in [0.15, 0.2) is 11.0 Å².